The molecule has 4 rings (SSSR count). The van der Waals surface area contributed by atoms with Crippen LogP contribution < -0.4 is 10.6 Å². The summed E-state index contributed by atoms with van der Waals surface area (Å²) < 4.78 is 1.57. The van der Waals surface area contributed by atoms with Crippen LogP contribution in [0.4, 0.5) is 11.4 Å². The van der Waals surface area contributed by atoms with Crippen molar-refractivity contribution in [1.82, 2.24) is 14.7 Å². The Balaban J connectivity index is 1.45. The van der Waals surface area contributed by atoms with E-state index in [1.54, 1.807) is 22.7 Å². The Hall–Kier alpha value is -2.54. The third-order valence-corrected chi connectivity index (χ3v) is 5.43. The molecule has 2 aliphatic heterocycles. The largest absolute Gasteiger partial charge is 0.369 e. The molecular weight excluding hydrogens is 354 g/mol. The first-order valence-corrected chi connectivity index (χ1v) is 9.03. The normalized spacial score (nSPS) is 19.5. The molecule has 0 saturated carbocycles. The van der Waals surface area contributed by atoms with E-state index in [4.69, 9.17) is 11.6 Å². The number of anilines is 2. The molecule has 136 valence electrons. The summed E-state index contributed by atoms with van der Waals surface area (Å²) in [6.45, 7) is 2.83. The number of piperidine rings is 1. The van der Waals surface area contributed by atoms with Crippen molar-refractivity contribution in [3.05, 3.63) is 41.7 Å². The van der Waals surface area contributed by atoms with Gasteiger partial charge in [0.15, 0.2) is 0 Å². The van der Waals surface area contributed by atoms with E-state index in [1.807, 2.05) is 24.3 Å². The van der Waals surface area contributed by atoms with Crippen LogP contribution >= 0.6 is 11.6 Å². The summed E-state index contributed by atoms with van der Waals surface area (Å²) in [5.74, 6) is -0.0496. The first-order valence-electron chi connectivity index (χ1n) is 8.66. The van der Waals surface area contributed by atoms with Crippen LogP contribution in [-0.4, -0.2) is 45.1 Å². The van der Waals surface area contributed by atoms with Gasteiger partial charge in [0.25, 0.3) is 0 Å². The number of fused-ring (bicyclic) bond motifs is 1. The highest BCUT2D eigenvalue weighted by atomic mass is 35.5. The lowest BCUT2D eigenvalue weighted by Gasteiger charge is -2.44. The molecule has 2 aliphatic rings. The molecule has 1 fully saturated rings. The second-order valence-corrected chi connectivity index (χ2v) is 7.28. The van der Waals surface area contributed by atoms with Gasteiger partial charge in [0.2, 0.25) is 11.8 Å². The molecule has 0 aliphatic carbocycles. The molecule has 1 atom stereocenters. The van der Waals surface area contributed by atoms with Gasteiger partial charge in [0, 0.05) is 19.3 Å². The van der Waals surface area contributed by atoms with Crippen LogP contribution in [-0.2, 0) is 9.59 Å². The number of aromatic nitrogens is 2. The maximum Gasteiger partial charge on any atom is 0.250 e. The van der Waals surface area contributed by atoms with Crippen LogP contribution in [0.3, 0.4) is 0 Å². The summed E-state index contributed by atoms with van der Waals surface area (Å²) in [6.07, 6.45) is 4.28. The number of hydrogen-bond donors (Lipinski definition) is 2. The fourth-order valence-corrected chi connectivity index (χ4v) is 3.77. The first kappa shape index (κ1) is 16.9. The van der Waals surface area contributed by atoms with E-state index in [2.05, 4.69) is 15.7 Å². The Bertz CT molecular complexity index is 857. The number of likely N-dealkylation sites (tertiary alicyclic amines) is 1. The number of halogens is 1. The number of benzene rings is 1. The maximum absolute atomic E-state index is 12.8. The monoisotopic (exact) mass is 373 g/mol. The van der Waals surface area contributed by atoms with Gasteiger partial charge < -0.3 is 15.5 Å². The van der Waals surface area contributed by atoms with Crippen molar-refractivity contribution in [1.29, 1.82) is 0 Å². The molecule has 1 saturated heterocycles. The van der Waals surface area contributed by atoms with Crippen LogP contribution in [0.1, 0.15) is 25.8 Å². The van der Waals surface area contributed by atoms with E-state index in [0.717, 1.165) is 11.4 Å². The van der Waals surface area contributed by atoms with E-state index in [9.17, 15) is 9.59 Å². The summed E-state index contributed by atoms with van der Waals surface area (Å²) in [7, 11) is 0. The van der Waals surface area contributed by atoms with Crippen LogP contribution in [0.15, 0.2) is 36.7 Å². The number of nitrogens with zero attached hydrogens (tertiary/aromatic N) is 3. The van der Waals surface area contributed by atoms with Gasteiger partial charge in [0.05, 0.1) is 22.6 Å². The van der Waals surface area contributed by atoms with Crippen molar-refractivity contribution in [3.8, 4) is 0 Å². The highest BCUT2D eigenvalue weighted by Crippen LogP contribution is 2.36. The number of para-hydroxylation sites is 2. The second kappa shape index (κ2) is 6.32. The standard InChI is InChI=1S/C18H20ClN5O2/c1-12(24-11-13(19)10-20-24)16(25)23-8-6-18(7-9-23)17(26)21-14-4-2-3-5-15(14)22-18/h2-5,10-12,22H,6-9H2,1H3,(H,21,26). The van der Waals surface area contributed by atoms with Gasteiger partial charge in [-0.05, 0) is 31.9 Å². The molecule has 3 heterocycles. The number of carbonyl (C=O) groups excluding carboxylic acids is 2. The summed E-state index contributed by atoms with van der Waals surface area (Å²) >= 11 is 5.89. The van der Waals surface area contributed by atoms with Gasteiger partial charge in [0.1, 0.15) is 11.6 Å². The predicted octanol–water partition coefficient (Wildman–Crippen LogP) is 2.52. The summed E-state index contributed by atoms with van der Waals surface area (Å²) in [5, 5.41) is 11.0. The van der Waals surface area contributed by atoms with Crippen molar-refractivity contribution < 1.29 is 9.59 Å². The number of rotatable bonds is 2. The molecule has 1 aromatic carbocycles. The second-order valence-electron chi connectivity index (χ2n) is 6.85. The Morgan fingerprint density at radius 2 is 1.96 bits per heavy atom. The Morgan fingerprint density at radius 1 is 1.27 bits per heavy atom. The van der Waals surface area contributed by atoms with Crippen LogP contribution in [0, 0.1) is 0 Å². The Kier molecular flexibility index (Phi) is 4.11. The minimum absolute atomic E-state index is 0.0174. The topological polar surface area (TPSA) is 79.3 Å². The Labute approximate surface area is 156 Å². The maximum atomic E-state index is 12.8. The predicted molar refractivity (Wildman–Crippen MR) is 99.2 cm³/mol. The third kappa shape index (κ3) is 2.82. The fourth-order valence-electron chi connectivity index (χ4n) is 3.62. The lowest BCUT2D eigenvalue weighted by Crippen LogP contribution is -2.59. The van der Waals surface area contributed by atoms with Gasteiger partial charge in [-0.3, -0.25) is 14.3 Å². The molecule has 26 heavy (non-hydrogen) atoms. The average molecular weight is 374 g/mol. The minimum Gasteiger partial charge on any atom is -0.369 e. The molecule has 0 bridgehead atoms. The number of amides is 2. The molecule has 2 aromatic rings. The van der Waals surface area contributed by atoms with Gasteiger partial charge in [-0.2, -0.15) is 5.10 Å². The molecule has 2 amide bonds. The lowest BCUT2D eigenvalue weighted by atomic mass is 9.84. The van der Waals surface area contributed by atoms with Crippen LogP contribution in [0.2, 0.25) is 5.02 Å². The van der Waals surface area contributed by atoms with Gasteiger partial charge in [-0.1, -0.05) is 23.7 Å². The Morgan fingerprint density at radius 3 is 2.62 bits per heavy atom. The van der Waals surface area contributed by atoms with Gasteiger partial charge in [-0.25, -0.2) is 0 Å². The van der Waals surface area contributed by atoms with E-state index in [0.29, 0.717) is 31.0 Å². The SMILES string of the molecule is CC(C(=O)N1CCC2(CC1)Nc1ccccc1NC2=O)n1cc(Cl)cn1. The zero-order valence-corrected chi connectivity index (χ0v) is 15.2. The molecule has 2 N–H and O–H groups in total. The third-order valence-electron chi connectivity index (χ3n) is 5.24. The molecule has 8 heteroatoms. The van der Waals surface area contributed by atoms with E-state index in [1.165, 1.54) is 6.20 Å². The number of nitrogens with one attached hydrogen (secondary N) is 2. The first-order chi connectivity index (χ1) is 12.5. The fraction of sp³-hybridized carbons (Fsp3) is 0.389. The van der Waals surface area contributed by atoms with Crippen molar-refractivity contribution in [2.24, 2.45) is 0 Å². The highest BCUT2D eigenvalue weighted by molar-refractivity contribution is 6.30. The number of carbonyl (C=O) groups is 2. The average Bonchev–Trinajstić information content (AvgIpc) is 3.08. The van der Waals surface area contributed by atoms with Crippen molar-refractivity contribution in [2.45, 2.75) is 31.3 Å². The molecular formula is C18H20ClN5O2. The molecule has 1 unspecified atom stereocenters. The molecule has 1 aromatic heterocycles. The van der Waals surface area contributed by atoms with Crippen molar-refractivity contribution in [2.75, 3.05) is 23.7 Å². The number of hydrogen-bond acceptors (Lipinski definition) is 4. The van der Waals surface area contributed by atoms with Crippen LogP contribution in [0.5, 0.6) is 0 Å². The van der Waals surface area contributed by atoms with Gasteiger partial charge in [-0.15, -0.1) is 0 Å². The van der Waals surface area contributed by atoms with Crippen molar-refractivity contribution >= 4 is 34.8 Å². The van der Waals surface area contributed by atoms with E-state index < -0.39 is 11.6 Å². The molecule has 1 spiro atoms. The van der Waals surface area contributed by atoms with Crippen LogP contribution in [0.25, 0.3) is 0 Å². The summed E-state index contributed by atoms with van der Waals surface area (Å²) in [5.41, 5.74) is 1.06. The smallest absolute Gasteiger partial charge is 0.250 e. The highest BCUT2D eigenvalue weighted by Gasteiger charge is 2.45. The molecule has 7 nitrogen and oxygen atoms in total. The zero-order valence-electron chi connectivity index (χ0n) is 14.4. The van der Waals surface area contributed by atoms with Gasteiger partial charge >= 0.3 is 0 Å². The minimum atomic E-state index is -0.663. The van der Waals surface area contributed by atoms with Crippen molar-refractivity contribution in [3.63, 3.8) is 0 Å². The zero-order chi connectivity index (χ0) is 18.3. The van der Waals surface area contributed by atoms with E-state index in [-0.39, 0.29) is 11.8 Å². The summed E-state index contributed by atoms with van der Waals surface area (Å²) in [4.78, 5) is 27.2. The summed E-state index contributed by atoms with van der Waals surface area (Å²) in [6, 6.07) is 7.24. The lowest BCUT2D eigenvalue weighted by molar-refractivity contribution is -0.137. The quantitative estimate of drug-likeness (QED) is 0.847. The molecule has 0 radical (unpaired) electrons. The van der Waals surface area contributed by atoms with E-state index >= 15 is 0 Å².